The van der Waals surface area contributed by atoms with E-state index in [1.165, 1.54) is 0 Å². The van der Waals surface area contributed by atoms with Crippen molar-refractivity contribution in [3.63, 3.8) is 0 Å². The summed E-state index contributed by atoms with van der Waals surface area (Å²) in [4.78, 5) is 18.8. The van der Waals surface area contributed by atoms with Gasteiger partial charge < -0.3 is 14.8 Å². The molecule has 1 aliphatic heterocycles. The second-order valence-corrected chi connectivity index (χ2v) is 5.98. The normalized spacial score (nSPS) is 19.0. The number of halogens is 1. The van der Waals surface area contributed by atoms with Gasteiger partial charge in [0.25, 0.3) is 0 Å². The molecule has 8 heteroatoms. The van der Waals surface area contributed by atoms with Gasteiger partial charge in [0.05, 0.1) is 10.7 Å². The molecule has 0 aromatic carbocycles. The number of amides is 1. The van der Waals surface area contributed by atoms with Gasteiger partial charge >= 0.3 is 0 Å². The van der Waals surface area contributed by atoms with E-state index in [4.69, 9.17) is 0 Å². The number of rotatable bonds is 3. The minimum atomic E-state index is -0.0368. The van der Waals surface area contributed by atoms with E-state index in [1.54, 1.807) is 23.3 Å². The van der Waals surface area contributed by atoms with Gasteiger partial charge in [-0.25, -0.2) is 4.98 Å². The first-order valence-corrected chi connectivity index (χ1v) is 7.60. The van der Waals surface area contributed by atoms with Crippen molar-refractivity contribution in [1.82, 2.24) is 29.5 Å². The molecule has 0 radical (unpaired) electrons. The van der Waals surface area contributed by atoms with Crippen LogP contribution in [-0.2, 0) is 18.4 Å². The minimum absolute atomic E-state index is 0.0368. The van der Waals surface area contributed by atoms with Crippen molar-refractivity contribution in [3.8, 4) is 0 Å². The van der Waals surface area contributed by atoms with Crippen LogP contribution in [0.4, 0.5) is 0 Å². The lowest BCUT2D eigenvalue weighted by molar-refractivity contribution is -0.135. The Bertz CT molecular complexity index is 636. The van der Waals surface area contributed by atoms with Crippen LogP contribution >= 0.6 is 15.9 Å². The summed E-state index contributed by atoms with van der Waals surface area (Å²) in [5.74, 6) is 0.956. The highest BCUT2D eigenvalue weighted by molar-refractivity contribution is 9.10. The Morgan fingerprint density at radius 1 is 1.57 bits per heavy atom. The smallest absolute Gasteiger partial charge is 0.245 e. The number of nitrogens with zero attached hydrogens (tertiary/aromatic N) is 5. The Hall–Kier alpha value is -1.67. The molecule has 1 fully saturated rings. The van der Waals surface area contributed by atoms with E-state index >= 15 is 0 Å². The van der Waals surface area contributed by atoms with Crippen LogP contribution in [0.3, 0.4) is 0 Å². The molecule has 0 aliphatic carbocycles. The Morgan fingerprint density at radius 2 is 2.43 bits per heavy atom. The fourth-order valence-electron chi connectivity index (χ4n) is 2.59. The fraction of sp³-hybridized carbons (Fsp3) is 0.462. The molecule has 1 aliphatic rings. The molecule has 0 saturated carbocycles. The zero-order chi connectivity index (χ0) is 14.8. The van der Waals surface area contributed by atoms with E-state index in [9.17, 15) is 4.79 Å². The largest absolute Gasteiger partial charge is 0.336 e. The topological polar surface area (TPSA) is 68.0 Å². The average Bonchev–Trinajstić information content (AvgIpc) is 3.07. The molecule has 3 rings (SSSR count). The van der Waals surface area contributed by atoms with Crippen molar-refractivity contribution >= 4 is 21.8 Å². The fourth-order valence-corrected chi connectivity index (χ4v) is 2.91. The maximum atomic E-state index is 12.6. The van der Waals surface area contributed by atoms with Crippen LogP contribution in [0.5, 0.6) is 0 Å². The highest BCUT2D eigenvalue weighted by Gasteiger charge is 2.30. The first-order chi connectivity index (χ1) is 10.1. The lowest BCUT2D eigenvalue weighted by Gasteiger charge is -2.35. The van der Waals surface area contributed by atoms with Crippen LogP contribution in [-0.4, -0.2) is 49.8 Å². The van der Waals surface area contributed by atoms with E-state index < -0.39 is 0 Å². The Balaban J connectivity index is 1.77. The van der Waals surface area contributed by atoms with Crippen molar-refractivity contribution in [2.75, 3.05) is 19.6 Å². The summed E-state index contributed by atoms with van der Waals surface area (Å²) in [5, 5.41) is 7.47. The average molecular weight is 353 g/mol. The number of nitrogens with one attached hydrogen (secondary N) is 1. The summed E-state index contributed by atoms with van der Waals surface area (Å²) in [6.07, 6.45) is 7.14. The van der Waals surface area contributed by atoms with Gasteiger partial charge in [0.1, 0.15) is 18.4 Å². The highest BCUT2D eigenvalue weighted by Crippen LogP contribution is 2.21. The Labute approximate surface area is 131 Å². The third kappa shape index (κ3) is 3.01. The maximum Gasteiger partial charge on any atom is 0.245 e. The molecule has 112 valence electrons. The number of aromatic nitrogens is 4. The van der Waals surface area contributed by atoms with Crippen LogP contribution in [0.2, 0.25) is 0 Å². The number of imidazole rings is 1. The predicted molar refractivity (Wildman–Crippen MR) is 80.5 cm³/mol. The van der Waals surface area contributed by atoms with Crippen molar-refractivity contribution in [1.29, 1.82) is 0 Å². The molecule has 1 amide bonds. The zero-order valence-corrected chi connectivity index (χ0v) is 13.3. The van der Waals surface area contributed by atoms with Gasteiger partial charge in [-0.3, -0.25) is 9.48 Å². The van der Waals surface area contributed by atoms with Gasteiger partial charge in [0.2, 0.25) is 5.91 Å². The van der Waals surface area contributed by atoms with E-state index in [0.29, 0.717) is 6.54 Å². The van der Waals surface area contributed by atoms with Gasteiger partial charge in [-0.1, -0.05) is 0 Å². The molecule has 1 saturated heterocycles. The van der Waals surface area contributed by atoms with Crippen molar-refractivity contribution in [2.45, 2.75) is 12.6 Å². The van der Waals surface area contributed by atoms with E-state index in [1.807, 2.05) is 22.7 Å². The van der Waals surface area contributed by atoms with Crippen molar-refractivity contribution in [2.24, 2.45) is 7.05 Å². The molecule has 0 bridgehead atoms. The molecule has 2 aromatic heterocycles. The van der Waals surface area contributed by atoms with E-state index in [2.05, 4.69) is 31.3 Å². The zero-order valence-electron chi connectivity index (χ0n) is 11.7. The third-order valence-electron chi connectivity index (χ3n) is 3.62. The molecule has 7 nitrogen and oxygen atoms in total. The van der Waals surface area contributed by atoms with E-state index in [-0.39, 0.29) is 18.5 Å². The second kappa shape index (κ2) is 5.98. The molecule has 1 atom stereocenters. The van der Waals surface area contributed by atoms with Crippen molar-refractivity contribution in [3.05, 3.63) is 35.1 Å². The van der Waals surface area contributed by atoms with E-state index in [0.717, 1.165) is 23.4 Å². The number of carbonyl (C=O) groups excluding carboxylic acids is 1. The Kier molecular flexibility index (Phi) is 4.07. The van der Waals surface area contributed by atoms with Gasteiger partial charge in [-0.2, -0.15) is 5.10 Å². The number of aryl methyl sites for hydroxylation is 1. The molecule has 1 unspecified atom stereocenters. The summed E-state index contributed by atoms with van der Waals surface area (Å²) in [5.41, 5.74) is 0. The van der Waals surface area contributed by atoms with Crippen LogP contribution in [0, 0.1) is 0 Å². The lowest BCUT2D eigenvalue weighted by atomic mass is 10.1. The van der Waals surface area contributed by atoms with Crippen molar-refractivity contribution < 1.29 is 4.79 Å². The number of piperazine rings is 1. The monoisotopic (exact) mass is 352 g/mol. The van der Waals surface area contributed by atoms with Gasteiger partial charge in [0.15, 0.2) is 0 Å². The predicted octanol–water partition coefficient (Wildman–Crippen LogP) is 0.552. The summed E-state index contributed by atoms with van der Waals surface area (Å²) in [7, 11) is 1.95. The third-order valence-corrected chi connectivity index (χ3v) is 4.03. The minimum Gasteiger partial charge on any atom is -0.336 e. The first kappa shape index (κ1) is 14.3. The first-order valence-electron chi connectivity index (χ1n) is 6.80. The summed E-state index contributed by atoms with van der Waals surface area (Å²) < 4.78 is 4.48. The van der Waals surface area contributed by atoms with Gasteiger partial charge in [0, 0.05) is 45.3 Å². The maximum absolute atomic E-state index is 12.6. The molecule has 1 N–H and O–H groups in total. The van der Waals surface area contributed by atoms with Crippen LogP contribution in [0.1, 0.15) is 11.9 Å². The van der Waals surface area contributed by atoms with Crippen LogP contribution in [0.15, 0.2) is 29.3 Å². The molecule has 3 heterocycles. The van der Waals surface area contributed by atoms with Crippen LogP contribution in [0.25, 0.3) is 0 Å². The quantitative estimate of drug-likeness (QED) is 0.875. The van der Waals surface area contributed by atoms with Crippen LogP contribution < -0.4 is 5.32 Å². The Morgan fingerprint density at radius 3 is 3.10 bits per heavy atom. The van der Waals surface area contributed by atoms with Gasteiger partial charge in [-0.05, 0) is 15.9 Å². The number of hydrogen-bond donors (Lipinski definition) is 1. The summed E-state index contributed by atoms with van der Waals surface area (Å²) in [6.45, 7) is 2.44. The number of carbonyl (C=O) groups is 1. The molecule has 21 heavy (non-hydrogen) atoms. The second-order valence-electron chi connectivity index (χ2n) is 5.06. The highest BCUT2D eigenvalue weighted by atomic mass is 79.9. The molecule has 2 aromatic rings. The number of hydrogen-bond acceptors (Lipinski definition) is 4. The molecular weight excluding hydrogens is 336 g/mol. The SMILES string of the molecule is Cn1ccnc1C1CNCCN1C(=O)Cn1cc(Br)cn1. The summed E-state index contributed by atoms with van der Waals surface area (Å²) >= 11 is 3.34. The molecule has 0 spiro atoms. The summed E-state index contributed by atoms with van der Waals surface area (Å²) in [6, 6.07) is -0.0368. The lowest BCUT2D eigenvalue weighted by Crippen LogP contribution is -2.50. The standard InChI is InChI=1S/C13H17BrN6O/c1-18-4-3-16-13(18)11-7-15-2-5-20(11)12(21)9-19-8-10(14)6-17-19/h3-4,6,8,11,15H,2,5,7,9H2,1H3. The molecular formula is C13H17BrN6O. The van der Waals surface area contributed by atoms with Gasteiger partial charge in [-0.15, -0.1) is 0 Å².